The second kappa shape index (κ2) is 3.15. The summed E-state index contributed by atoms with van der Waals surface area (Å²) in [5, 5.41) is 11.8. The van der Waals surface area contributed by atoms with Gasteiger partial charge in [-0.2, -0.15) is 0 Å². The van der Waals surface area contributed by atoms with E-state index in [0.717, 1.165) is 13.1 Å². The number of hydrogen-bond donors (Lipinski definition) is 2. The smallest absolute Gasteiger partial charge is 0.0933 e. The van der Waals surface area contributed by atoms with E-state index in [9.17, 15) is 0 Å². The summed E-state index contributed by atoms with van der Waals surface area (Å²) in [5.41, 5.74) is 0. The number of aliphatic hydroxyl groups is 1. The molecule has 0 spiro atoms. The van der Waals surface area contributed by atoms with Gasteiger partial charge in [-0.15, -0.1) is 0 Å². The Hall–Kier alpha value is -0.120. The van der Waals surface area contributed by atoms with Gasteiger partial charge in [0.05, 0.1) is 18.8 Å². The van der Waals surface area contributed by atoms with E-state index in [1.54, 1.807) is 0 Å². The molecule has 2 N–H and O–H groups in total. The molecular formula is C6H13NO2. The summed E-state index contributed by atoms with van der Waals surface area (Å²) in [5.74, 6) is 0. The monoisotopic (exact) mass is 131 g/mol. The van der Waals surface area contributed by atoms with E-state index in [1.807, 2.05) is 6.92 Å². The molecule has 0 bridgehead atoms. The molecule has 1 unspecified atom stereocenters. The van der Waals surface area contributed by atoms with Crippen LogP contribution in [-0.4, -0.2) is 37.0 Å². The van der Waals surface area contributed by atoms with E-state index < -0.39 is 0 Å². The van der Waals surface area contributed by atoms with Crippen molar-refractivity contribution in [2.75, 3.05) is 19.7 Å². The van der Waals surface area contributed by atoms with Gasteiger partial charge < -0.3 is 15.2 Å². The summed E-state index contributed by atoms with van der Waals surface area (Å²) in [4.78, 5) is 0. The fraction of sp³-hybridized carbons (Fsp3) is 1.00. The molecule has 0 saturated carbocycles. The zero-order valence-electron chi connectivity index (χ0n) is 5.63. The Bertz CT molecular complexity index is 87.1. The fourth-order valence-electron chi connectivity index (χ4n) is 0.980. The van der Waals surface area contributed by atoms with Crippen molar-refractivity contribution in [3.63, 3.8) is 0 Å². The van der Waals surface area contributed by atoms with Gasteiger partial charge in [0.1, 0.15) is 0 Å². The van der Waals surface area contributed by atoms with Gasteiger partial charge >= 0.3 is 0 Å². The van der Waals surface area contributed by atoms with Gasteiger partial charge in [0.25, 0.3) is 0 Å². The highest BCUT2D eigenvalue weighted by molar-refractivity contribution is 4.70. The molecule has 0 aliphatic carbocycles. The predicted octanol–water partition coefficient (Wildman–Crippen LogP) is -0.644. The molecule has 0 aromatic rings. The number of hydrogen-bond acceptors (Lipinski definition) is 3. The van der Waals surface area contributed by atoms with E-state index in [1.165, 1.54) is 0 Å². The third-order valence-electron chi connectivity index (χ3n) is 1.43. The first-order valence-corrected chi connectivity index (χ1v) is 3.30. The molecule has 54 valence electrons. The van der Waals surface area contributed by atoms with E-state index >= 15 is 0 Å². The van der Waals surface area contributed by atoms with Gasteiger partial charge in [-0.05, 0) is 6.92 Å². The lowest BCUT2D eigenvalue weighted by molar-refractivity contribution is -0.0518. The minimum Gasteiger partial charge on any atom is -0.394 e. The topological polar surface area (TPSA) is 41.5 Å². The Labute approximate surface area is 55.0 Å². The van der Waals surface area contributed by atoms with Crippen LogP contribution in [0.25, 0.3) is 0 Å². The average Bonchev–Trinajstić information content (AvgIpc) is 1.88. The minimum absolute atomic E-state index is 0.00810. The summed E-state index contributed by atoms with van der Waals surface area (Å²) in [7, 11) is 0. The van der Waals surface area contributed by atoms with Crippen molar-refractivity contribution < 1.29 is 9.84 Å². The number of nitrogens with one attached hydrogen (secondary N) is 1. The van der Waals surface area contributed by atoms with Gasteiger partial charge in [-0.1, -0.05) is 0 Å². The van der Waals surface area contributed by atoms with E-state index in [-0.39, 0.29) is 18.8 Å². The third-order valence-corrected chi connectivity index (χ3v) is 1.43. The largest absolute Gasteiger partial charge is 0.394 e. The van der Waals surface area contributed by atoms with Crippen LogP contribution in [0.4, 0.5) is 0 Å². The highest BCUT2D eigenvalue weighted by atomic mass is 16.5. The molecule has 1 heterocycles. The molecule has 3 heteroatoms. The van der Waals surface area contributed by atoms with Crippen molar-refractivity contribution in [1.82, 2.24) is 5.32 Å². The van der Waals surface area contributed by atoms with Gasteiger partial charge in [0.2, 0.25) is 0 Å². The zero-order chi connectivity index (χ0) is 6.69. The molecule has 1 aliphatic heterocycles. The first-order valence-electron chi connectivity index (χ1n) is 3.30. The van der Waals surface area contributed by atoms with Crippen LogP contribution in [-0.2, 0) is 4.74 Å². The van der Waals surface area contributed by atoms with Crippen LogP contribution in [0.2, 0.25) is 0 Å². The molecule has 0 aromatic heterocycles. The molecule has 1 saturated heterocycles. The Balaban J connectivity index is 2.23. The Morgan fingerprint density at radius 1 is 1.67 bits per heavy atom. The Morgan fingerprint density at radius 2 is 2.44 bits per heavy atom. The molecule has 9 heavy (non-hydrogen) atoms. The molecule has 0 amide bonds. The minimum atomic E-state index is 0.00810. The van der Waals surface area contributed by atoms with Gasteiger partial charge in [0, 0.05) is 13.1 Å². The van der Waals surface area contributed by atoms with Crippen molar-refractivity contribution in [2.24, 2.45) is 0 Å². The second-order valence-electron chi connectivity index (χ2n) is 2.41. The van der Waals surface area contributed by atoms with Crippen LogP contribution >= 0.6 is 0 Å². The predicted molar refractivity (Wildman–Crippen MR) is 34.3 cm³/mol. The van der Waals surface area contributed by atoms with Crippen molar-refractivity contribution >= 4 is 0 Å². The molecular weight excluding hydrogens is 118 g/mol. The average molecular weight is 131 g/mol. The lowest BCUT2D eigenvalue weighted by Gasteiger charge is -2.27. The quantitative estimate of drug-likeness (QED) is 0.497. The first-order chi connectivity index (χ1) is 4.33. The summed E-state index contributed by atoms with van der Waals surface area (Å²) in [6, 6.07) is 0. The maximum atomic E-state index is 8.64. The van der Waals surface area contributed by atoms with Gasteiger partial charge in [-0.25, -0.2) is 0 Å². The van der Waals surface area contributed by atoms with Crippen molar-refractivity contribution in [2.45, 2.75) is 19.1 Å². The molecule has 0 radical (unpaired) electrons. The number of morpholine rings is 1. The maximum absolute atomic E-state index is 8.64. The Morgan fingerprint density at radius 3 is 2.89 bits per heavy atom. The van der Waals surface area contributed by atoms with Crippen LogP contribution in [0.5, 0.6) is 0 Å². The fourth-order valence-corrected chi connectivity index (χ4v) is 0.980. The van der Waals surface area contributed by atoms with Crippen LogP contribution < -0.4 is 5.32 Å². The molecule has 0 aromatic carbocycles. The molecule has 1 aliphatic rings. The summed E-state index contributed by atoms with van der Waals surface area (Å²) < 4.78 is 5.32. The highest BCUT2D eigenvalue weighted by Crippen LogP contribution is 2.00. The van der Waals surface area contributed by atoms with Crippen LogP contribution in [0.3, 0.4) is 0 Å². The summed E-state index contributed by atoms with van der Waals surface area (Å²) >= 11 is 0. The lowest BCUT2D eigenvalue weighted by Crippen LogP contribution is -2.44. The molecule has 3 nitrogen and oxygen atoms in total. The lowest BCUT2D eigenvalue weighted by atomic mass is 10.3. The summed E-state index contributed by atoms with van der Waals surface area (Å²) in [6.45, 7) is 3.80. The van der Waals surface area contributed by atoms with Gasteiger partial charge in [0.15, 0.2) is 0 Å². The number of aliphatic hydroxyl groups excluding tert-OH is 1. The Kier molecular flexibility index (Phi) is 2.45. The van der Waals surface area contributed by atoms with Gasteiger partial charge in [-0.3, -0.25) is 0 Å². The SMILES string of the molecule is C[C@@H]1CNCC(CO)O1. The molecule has 1 rings (SSSR count). The van der Waals surface area contributed by atoms with E-state index in [4.69, 9.17) is 9.84 Å². The van der Waals surface area contributed by atoms with Crippen LogP contribution in [0.1, 0.15) is 6.92 Å². The second-order valence-corrected chi connectivity index (χ2v) is 2.41. The summed E-state index contributed by atoms with van der Waals surface area (Å²) in [6.07, 6.45) is 0.254. The molecule has 2 atom stereocenters. The standard InChI is InChI=1S/C6H13NO2/c1-5-2-7-3-6(4-8)9-5/h5-8H,2-4H2,1H3/t5-,6?/m1/s1. The first kappa shape index (κ1) is 6.99. The zero-order valence-corrected chi connectivity index (χ0v) is 5.63. The number of rotatable bonds is 1. The normalized spacial score (nSPS) is 36.7. The third kappa shape index (κ3) is 1.93. The maximum Gasteiger partial charge on any atom is 0.0933 e. The van der Waals surface area contributed by atoms with Crippen LogP contribution in [0, 0.1) is 0 Å². The highest BCUT2D eigenvalue weighted by Gasteiger charge is 2.16. The number of ether oxygens (including phenoxy) is 1. The van der Waals surface area contributed by atoms with E-state index in [2.05, 4.69) is 5.32 Å². The van der Waals surface area contributed by atoms with Crippen LogP contribution in [0.15, 0.2) is 0 Å². The van der Waals surface area contributed by atoms with E-state index in [0.29, 0.717) is 0 Å². The molecule has 1 fully saturated rings. The van der Waals surface area contributed by atoms with Crippen molar-refractivity contribution in [3.8, 4) is 0 Å². The van der Waals surface area contributed by atoms with Crippen molar-refractivity contribution in [3.05, 3.63) is 0 Å². The van der Waals surface area contributed by atoms with Crippen molar-refractivity contribution in [1.29, 1.82) is 0 Å².